The van der Waals surface area contributed by atoms with Crippen molar-refractivity contribution in [1.82, 2.24) is 0 Å². The van der Waals surface area contributed by atoms with Crippen LogP contribution in [0, 0.1) is 6.07 Å². The van der Waals surface area contributed by atoms with E-state index in [0.717, 1.165) is 0 Å². The molecule has 1 nitrogen and oxygen atoms in total. The van der Waals surface area contributed by atoms with Crippen LogP contribution in [0.3, 0.4) is 0 Å². The molecule has 2 rings (SSSR count). The van der Waals surface area contributed by atoms with Crippen LogP contribution >= 0.6 is 0 Å². The highest BCUT2D eigenvalue weighted by Gasteiger charge is 2.10. The van der Waals surface area contributed by atoms with Gasteiger partial charge in [0.1, 0.15) is 0 Å². The summed E-state index contributed by atoms with van der Waals surface area (Å²) in [5.74, 6) is 0. The average molecular weight is 146 g/mol. The Kier molecular flexibility index (Phi) is 1.80. The van der Waals surface area contributed by atoms with Crippen LogP contribution in [0.4, 0.5) is 5.69 Å². The molecule has 0 unspecified atom stereocenters. The molecule has 0 atom stereocenters. The first-order chi connectivity index (χ1) is 5.47. The Balaban J connectivity index is 2.16. The van der Waals surface area contributed by atoms with E-state index in [1.165, 1.54) is 31.6 Å². The molecule has 0 N–H and O–H groups in total. The molecule has 57 valence electrons. The van der Waals surface area contributed by atoms with Crippen LogP contribution in [-0.4, -0.2) is 13.1 Å². The van der Waals surface area contributed by atoms with Gasteiger partial charge >= 0.3 is 0 Å². The van der Waals surface area contributed by atoms with Gasteiger partial charge in [0.15, 0.2) is 0 Å². The lowest BCUT2D eigenvalue weighted by molar-refractivity contribution is 0.949. The van der Waals surface area contributed by atoms with E-state index >= 15 is 0 Å². The number of hydrogen-bond acceptors (Lipinski definition) is 1. The monoisotopic (exact) mass is 146 g/mol. The lowest BCUT2D eigenvalue weighted by Crippen LogP contribution is -2.17. The lowest BCUT2D eigenvalue weighted by atomic mass is 10.3. The smallest absolute Gasteiger partial charge is 0.0372 e. The maximum absolute atomic E-state index is 3.10. The quantitative estimate of drug-likeness (QED) is 0.586. The number of nitrogens with zero attached hydrogens (tertiary/aromatic N) is 1. The largest absolute Gasteiger partial charge is 0.372 e. The maximum Gasteiger partial charge on any atom is 0.0372 e. The van der Waals surface area contributed by atoms with Crippen LogP contribution in [0.2, 0.25) is 0 Å². The second kappa shape index (κ2) is 2.95. The van der Waals surface area contributed by atoms with Crippen LogP contribution in [0.25, 0.3) is 0 Å². The van der Waals surface area contributed by atoms with Crippen molar-refractivity contribution in [2.75, 3.05) is 18.0 Å². The second-order valence-corrected chi connectivity index (χ2v) is 2.96. The highest BCUT2D eigenvalue weighted by atomic mass is 15.1. The molecule has 1 aromatic carbocycles. The van der Waals surface area contributed by atoms with Crippen LogP contribution in [0.1, 0.15) is 12.8 Å². The molecule has 0 saturated carbocycles. The molecule has 0 bridgehead atoms. The molecule has 0 amide bonds. The van der Waals surface area contributed by atoms with Gasteiger partial charge in [-0.3, -0.25) is 0 Å². The second-order valence-electron chi connectivity index (χ2n) is 2.96. The van der Waals surface area contributed by atoms with Crippen molar-refractivity contribution in [3.05, 3.63) is 30.3 Å². The van der Waals surface area contributed by atoms with Gasteiger partial charge in [-0.2, -0.15) is 0 Å². The molecule has 1 fully saturated rings. The van der Waals surface area contributed by atoms with E-state index in [2.05, 4.69) is 23.1 Å². The molecule has 1 heterocycles. The van der Waals surface area contributed by atoms with Gasteiger partial charge in [-0.1, -0.05) is 12.1 Å². The number of hydrogen-bond donors (Lipinski definition) is 0. The highest BCUT2D eigenvalue weighted by molar-refractivity contribution is 5.46. The molecule has 1 heteroatoms. The molecule has 0 spiro atoms. The predicted molar refractivity (Wildman–Crippen MR) is 46.7 cm³/mol. The summed E-state index contributed by atoms with van der Waals surface area (Å²) in [4.78, 5) is 2.41. The van der Waals surface area contributed by atoms with Crippen LogP contribution in [-0.2, 0) is 0 Å². The first-order valence-corrected chi connectivity index (χ1v) is 4.18. The molecule has 1 saturated heterocycles. The minimum atomic E-state index is 1.22. The molecule has 0 aromatic heterocycles. The first kappa shape index (κ1) is 6.71. The molecule has 1 aliphatic rings. The summed E-state index contributed by atoms with van der Waals surface area (Å²) >= 11 is 0. The zero-order valence-corrected chi connectivity index (χ0v) is 6.59. The molecule has 1 radical (unpaired) electrons. The third-order valence-electron chi connectivity index (χ3n) is 2.16. The molecule has 1 aliphatic heterocycles. The molecular weight excluding hydrogens is 134 g/mol. The van der Waals surface area contributed by atoms with Crippen LogP contribution in [0.5, 0.6) is 0 Å². The third-order valence-corrected chi connectivity index (χ3v) is 2.16. The van der Waals surface area contributed by atoms with Crippen molar-refractivity contribution in [3.63, 3.8) is 0 Å². The standard InChI is InChI=1S/C10H12N/c1-2-6-10(7-3-1)11-8-4-5-9-11/h1-2,6-7H,4-5,8-9H2. The van der Waals surface area contributed by atoms with E-state index in [0.29, 0.717) is 0 Å². The van der Waals surface area contributed by atoms with Crippen molar-refractivity contribution in [2.45, 2.75) is 12.8 Å². The number of benzene rings is 1. The van der Waals surface area contributed by atoms with Crippen molar-refractivity contribution in [1.29, 1.82) is 0 Å². The van der Waals surface area contributed by atoms with Gasteiger partial charge in [0.05, 0.1) is 0 Å². The van der Waals surface area contributed by atoms with Crippen LogP contribution in [0.15, 0.2) is 24.3 Å². The van der Waals surface area contributed by atoms with Crippen molar-refractivity contribution >= 4 is 5.69 Å². The first-order valence-electron chi connectivity index (χ1n) is 4.18. The summed E-state index contributed by atoms with van der Waals surface area (Å²) in [6.07, 6.45) is 2.68. The Morgan fingerprint density at radius 3 is 2.73 bits per heavy atom. The van der Waals surface area contributed by atoms with Gasteiger partial charge in [0, 0.05) is 18.8 Å². The number of rotatable bonds is 1. The van der Waals surface area contributed by atoms with E-state index in [-0.39, 0.29) is 0 Å². The molecule has 11 heavy (non-hydrogen) atoms. The molecule has 0 aliphatic carbocycles. The Hall–Kier alpha value is -0.980. The van der Waals surface area contributed by atoms with Gasteiger partial charge in [-0.25, -0.2) is 0 Å². The van der Waals surface area contributed by atoms with Crippen molar-refractivity contribution in [2.24, 2.45) is 0 Å². The van der Waals surface area contributed by atoms with Gasteiger partial charge in [0.2, 0.25) is 0 Å². The van der Waals surface area contributed by atoms with E-state index in [1.807, 2.05) is 12.1 Å². The summed E-state index contributed by atoms with van der Waals surface area (Å²) in [6.45, 7) is 2.44. The summed E-state index contributed by atoms with van der Waals surface area (Å²) in [5.41, 5.74) is 1.32. The fraction of sp³-hybridized carbons (Fsp3) is 0.400. The minimum Gasteiger partial charge on any atom is -0.372 e. The third kappa shape index (κ3) is 1.37. The van der Waals surface area contributed by atoms with E-state index < -0.39 is 0 Å². The average Bonchev–Trinajstić information content (AvgIpc) is 2.58. The zero-order valence-electron chi connectivity index (χ0n) is 6.59. The fourth-order valence-electron chi connectivity index (χ4n) is 1.56. The summed E-state index contributed by atoms with van der Waals surface area (Å²) in [5, 5.41) is 0. The summed E-state index contributed by atoms with van der Waals surface area (Å²) in [6, 6.07) is 11.3. The minimum absolute atomic E-state index is 1.22. The van der Waals surface area contributed by atoms with Gasteiger partial charge in [-0.05, 0) is 31.0 Å². The van der Waals surface area contributed by atoms with Gasteiger partial charge in [0.25, 0.3) is 0 Å². The fourth-order valence-corrected chi connectivity index (χ4v) is 1.56. The van der Waals surface area contributed by atoms with E-state index in [4.69, 9.17) is 0 Å². The van der Waals surface area contributed by atoms with E-state index in [9.17, 15) is 0 Å². The highest BCUT2D eigenvalue weighted by Crippen LogP contribution is 2.18. The van der Waals surface area contributed by atoms with Gasteiger partial charge in [-0.15, -0.1) is 0 Å². The lowest BCUT2D eigenvalue weighted by Gasteiger charge is -2.16. The van der Waals surface area contributed by atoms with Gasteiger partial charge < -0.3 is 4.90 Å². The summed E-state index contributed by atoms with van der Waals surface area (Å²) < 4.78 is 0. The predicted octanol–water partition coefficient (Wildman–Crippen LogP) is 2.09. The number of anilines is 1. The molecular formula is C10H12N. The Morgan fingerprint density at radius 1 is 1.27 bits per heavy atom. The Morgan fingerprint density at radius 2 is 2.09 bits per heavy atom. The Bertz CT molecular complexity index is 212. The normalized spacial score (nSPS) is 17.3. The van der Waals surface area contributed by atoms with E-state index in [1.54, 1.807) is 0 Å². The van der Waals surface area contributed by atoms with Crippen LogP contribution < -0.4 is 4.90 Å². The zero-order chi connectivity index (χ0) is 7.52. The topological polar surface area (TPSA) is 3.24 Å². The Labute approximate surface area is 67.6 Å². The summed E-state index contributed by atoms with van der Waals surface area (Å²) in [7, 11) is 0. The molecule has 1 aromatic rings. The SMILES string of the molecule is [c]1cccc(N2CCCC2)c1. The maximum atomic E-state index is 3.10. The van der Waals surface area contributed by atoms with Crippen molar-refractivity contribution < 1.29 is 0 Å². The van der Waals surface area contributed by atoms with Crippen molar-refractivity contribution in [3.8, 4) is 0 Å².